The fourth-order valence-corrected chi connectivity index (χ4v) is 3.87. The molecule has 1 aliphatic carbocycles. The summed E-state index contributed by atoms with van der Waals surface area (Å²) < 4.78 is 5.86. The van der Waals surface area contributed by atoms with Crippen molar-refractivity contribution in [1.82, 2.24) is 25.1 Å². The number of nitrogens with zero attached hydrogens (tertiary/aromatic N) is 6. The maximum absolute atomic E-state index is 9.65. The van der Waals surface area contributed by atoms with E-state index in [1.54, 1.807) is 12.4 Å². The van der Waals surface area contributed by atoms with E-state index in [1.165, 1.54) is 0 Å². The Hall–Kier alpha value is -4.16. The summed E-state index contributed by atoms with van der Waals surface area (Å²) in [6.45, 7) is 1.92. The van der Waals surface area contributed by atoms with Gasteiger partial charge >= 0.3 is 0 Å². The molecule has 1 aliphatic rings. The minimum absolute atomic E-state index is 0.0591. The van der Waals surface area contributed by atoms with E-state index in [1.807, 2.05) is 43.3 Å². The van der Waals surface area contributed by atoms with Gasteiger partial charge < -0.3 is 15.9 Å². The first-order valence-corrected chi connectivity index (χ1v) is 10.7. The molecule has 0 spiro atoms. The van der Waals surface area contributed by atoms with Gasteiger partial charge in [0.2, 0.25) is 5.89 Å². The third-order valence-corrected chi connectivity index (χ3v) is 6.08. The molecule has 0 radical (unpaired) electrons. The van der Waals surface area contributed by atoms with Gasteiger partial charge in [-0.05, 0) is 56.0 Å². The summed E-state index contributed by atoms with van der Waals surface area (Å²) in [5.74, 6) is 0.706. The predicted molar refractivity (Wildman–Crippen MR) is 122 cm³/mol. The van der Waals surface area contributed by atoms with E-state index in [4.69, 9.17) is 15.9 Å². The lowest BCUT2D eigenvalue weighted by molar-refractivity contribution is 0.316. The van der Waals surface area contributed by atoms with Crippen LogP contribution in [-0.4, -0.2) is 25.1 Å². The van der Waals surface area contributed by atoms with Gasteiger partial charge in [-0.15, -0.1) is 10.2 Å². The maximum Gasteiger partial charge on any atom is 0.270 e. The van der Waals surface area contributed by atoms with Gasteiger partial charge in [0.25, 0.3) is 5.89 Å². The molecule has 0 aliphatic heterocycles. The number of nitriles is 1. The number of anilines is 1. The third-order valence-electron chi connectivity index (χ3n) is 6.08. The average Bonchev–Trinajstić information content (AvgIpc) is 3.29. The van der Waals surface area contributed by atoms with Crippen molar-refractivity contribution in [2.45, 2.75) is 37.6 Å². The minimum Gasteiger partial charge on any atom is -0.414 e. The monoisotopic (exact) mass is 438 g/mol. The Morgan fingerprint density at radius 2 is 1.82 bits per heavy atom. The second-order valence-corrected chi connectivity index (χ2v) is 8.29. The number of pyridine rings is 1. The quantitative estimate of drug-likeness (QED) is 0.473. The van der Waals surface area contributed by atoms with Gasteiger partial charge in [-0.2, -0.15) is 5.26 Å². The van der Waals surface area contributed by atoms with E-state index >= 15 is 0 Å². The number of hydrogen-bond acceptors (Lipinski definition) is 9. The smallest absolute Gasteiger partial charge is 0.270 e. The van der Waals surface area contributed by atoms with E-state index in [0.717, 1.165) is 41.6 Å². The SMILES string of the molecule is C[C@H](N)c1ccc(-c2nnc(-c3nc(-c4ccnc(C5(C#N)CCC5)c4)cnc3N)o2)cc1. The van der Waals surface area contributed by atoms with Crippen LogP contribution in [0.5, 0.6) is 0 Å². The number of aromatic nitrogens is 5. The van der Waals surface area contributed by atoms with Crippen molar-refractivity contribution in [3.05, 3.63) is 60.0 Å². The summed E-state index contributed by atoms with van der Waals surface area (Å²) in [6, 6.07) is 13.7. The van der Waals surface area contributed by atoms with Crippen LogP contribution in [0.1, 0.15) is 43.5 Å². The highest BCUT2D eigenvalue weighted by molar-refractivity contribution is 5.69. The second kappa shape index (κ2) is 8.07. The van der Waals surface area contributed by atoms with Gasteiger partial charge in [0, 0.05) is 23.4 Å². The molecule has 1 aromatic carbocycles. The summed E-state index contributed by atoms with van der Waals surface area (Å²) in [4.78, 5) is 13.4. The molecule has 164 valence electrons. The van der Waals surface area contributed by atoms with E-state index in [9.17, 15) is 5.26 Å². The Labute approximate surface area is 190 Å². The molecule has 0 amide bonds. The van der Waals surface area contributed by atoms with Gasteiger partial charge in [-0.1, -0.05) is 12.1 Å². The molecule has 0 bridgehead atoms. The molecule has 0 saturated heterocycles. The van der Waals surface area contributed by atoms with Crippen molar-refractivity contribution >= 4 is 5.82 Å². The molecule has 1 atom stereocenters. The van der Waals surface area contributed by atoms with Gasteiger partial charge in [0.1, 0.15) is 0 Å². The Morgan fingerprint density at radius 3 is 2.48 bits per heavy atom. The molecule has 5 rings (SSSR count). The lowest BCUT2D eigenvalue weighted by Gasteiger charge is -2.34. The molecule has 4 aromatic rings. The Balaban J connectivity index is 1.48. The largest absolute Gasteiger partial charge is 0.414 e. The Kier molecular flexibility index (Phi) is 5.07. The summed E-state index contributed by atoms with van der Waals surface area (Å²) >= 11 is 0. The summed E-state index contributed by atoms with van der Waals surface area (Å²) in [6.07, 6.45) is 5.93. The van der Waals surface area contributed by atoms with Crippen LogP contribution in [0.2, 0.25) is 0 Å². The van der Waals surface area contributed by atoms with E-state index in [-0.39, 0.29) is 17.8 Å². The van der Waals surface area contributed by atoms with Crippen LogP contribution < -0.4 is 11.5 Å². The number of nitrogen functional groups attached to an aromatic ring is 1. The van der Waals surface area contributed by atoms with Crippen LogP contribution in [0.25, 0.3) is 34.3 Å². The summed E-state index contributed by atoms with van der Waals surface area (Å²) in [7, 11) is 0. The van der Waals surface area contributed by atoms with E-state index < -0.39 is 5.41 Å². The summed E-state index contributed by atoms with van der Waals surface area (Å²) in [5, 5.41) is 17.9. The predicted octanol–water partition coefficient (Wildman–Crippen LogP) is 3.80. The van der Waals surface area contributed by atoms with Crippen molar-refractivity contribution in [3.63, 3.8) is 0 Å². The molecule has 1 fully saturated rings. The number of nitrogens with two attached hydrogens (primary N) is 2. The molecule has 9 heteroatoms. The normalized spacial score (nSPS) is 15.4. The lowest BCUT2D eigenvalue weighted by Crippen LogP contribution is -2.33. The molecule has 0 unspecified atom stereocenters. The lowest BCUT2D eigenvalue weighted by atomic mass is 9.67. The van der Waals surface area contributed by atoms with Crippen LogP contribution in [0, 0.1) is 11.3 Å². The molecule has 3 heterocycles. The van der Waals surface area contributed by atoms with Crippen LogP contribution in [0.15, 0.2) is 53.2 Å². The molecule has 9 nitrogen and oxygen atoms in total. The first-order valence-electron chi connectivity index (χ1n) is 10.7. The standard InChI is InChI=1S/C24H22N8O/c1-14(26)15-3-5-16(6-4-15)22-31-32-23(33-22)20-21(27)29-12-18(30-20)17-7-10-28-19(11-17)24(13-25)8-2-9-24/h3-7,10-12,14H,2,8-9,26H2,1H3,(H2,27,29)/t14-/m0/s1. The van der Waals surface area contributed by atoms with Crippen LogP contribution in [0.3, 0.4) is 0 Å². The number of hydrogen-bond donors (Lipinski definition) is 2. The number of rotatable bonds is 5. The molecule has 3 aromatic heterocycles. The first-order chi connectivity index (χ1) is 16.0. The fraction of sp³-hybridized carbons (Fsp3) is 0.250. The summed E-state index contributed by atoms with van der Waals surface area (Å²) in [5.41, 5.74) is 15.7. The van der Waals surface area contributed by atoms with E-state index in [2.05, 4.69) is 31.2 Å². The van der Waals surface area contributed by atoms with Crippen LogP contribution in [0.4, 0.5) is 5.82 Å². The van der Waals surface area contributed by atoms with Crippen LogP contribution in [-0.2, 0) is 5.41 Å². The van der Waals surface area contributed by atoms with Crippen molar-refractivity contribution < 1.29 is 4.42 Å². The maximum atomic E-state index is 9.65. The Bertz CT molecular complexity index is 1350. The highest BCUT2D eigenvalue weighted by atomic mass is 16.4. The van der Waals surface area contributed by atoms with Gasteiger partial charge in [-0.25, -0.2) is 9.97 Å². The van der Waals surface area contributed by atoms with Gasteiger partial charge in [0.05, 0.1) is 29.1 Å². The molecular formula is C24H22N8O. The van der Waals surface area contributed by atoms with Crippen molar-refractivity contribution in [2.24, 2.45) is 5.73 Å². The van der Waals surface area contributed by atoms with Crippen molar-refractivity contribution in [2.75, 3.05) is 5.73 Å². The zero-order valence-corrected chi connectivity index (χ0v) is 18.1. The molecule has 4 N–H and O–H groups in total. The highest BCUT2D eigenvalue weighted by Gasteiger charge is 2.40. The topological polar surface area (TPSA) is 153 Å². The van der Waals surface area contributed by atoms with Gasteiger partial charge in [0.15, 0.2) is 11.5 Å². The van der Waals surface area contributed by atoms with Crippen molar-refractivity contribution in [3.8, 4) is 40.4 Å². The zero-order valence-electron chi connectivity index (χ0n) is 18.1. The molecular weight excluding hydrogens is 416 g/mol. The highest BCUT2D eigenvalue weighted by Crippen LogP contribution is 2.43. The first kappa shape index (κ1) is 20.7. The average molecular weight is 438 g/mol. The minimum atomic E-state index is -0.515. The fourth-order valence-electron chi connectivity index (χ4n) is 3.87. The second-order valence-electron chi connectivity index (χ2n) is 8.29. The molecule has 33 heavy (non-hydrogen) atoms. The van der Waals surface area contributed by atoms with E-state index in [0.29, 0.717) is 17.3 Å². The molecule has 1 saturated carbocycles. The number of benzene rings is 1. The Morgan fingerprint density at radius 1 is 1.06 bits per heavy atom. The van der Waals surface area contributed by atoms with Crippen molar-refractivity contribution in [1.29, 1.82) is 5.26 Å². The van der Waals surface area contributed by atoms with Gasteiger partial charge in [-0.3, -0.25) is 4.98 Å². The van der Waals surface area contributed by atoms with Crippen LogP contribution >= 0.6 is 0 Å². The third kappa shape index (κ3) is 3.70. The zero-order chi connectivity index (χ0) is 23.0.